The number of rotatable bonds is 6. The number of carboxylic acids is 1. The molecular weight excluding hydrogens is 248 g/mol. The SMILES string of the molecule is N[C@H](CSCC(F)(F)c1ccccc1)C(=O)O. The number of carboxylic acid groups (broad SMARTS) is 1. The molecule has 0 aromatic heterocycles. The van der Waals surface area contributed by atoms with Gasteiger partial charge in [-0.3, -0.25) is 4.79 Å². The Kier molecular flexibility index (Phi) is 4.89. The average Bonchev–Trinajstić information content (AvgIpc) is 2.29. The van der Waals surface area contributed by atoms with Gasteiger partial charge in [0.15, 0.2) is 0 Å². The molecule has 0 amide bonds. The highest BCUT2D eigenvalue weighted by Gasteiger charge is 2.31. The predicted octanol–water partition coefficient (Wildman–Crippen LogP) is 1.92. The van der Waals surface area contributed by atoms with Crippen LogP contribution in [0.15, 0.2) is 30.3 Å². The number of hydrogen-bond donors (Lipinski definition) is 2. The first-order valence-electron chi connectivity index (χ1n) is 4.93. The summed E-state index contributed by atoms with van der Waals surface area (Å²) in [5.41, 5.74) is 5.15. The third-order valence-electron chi connectivity index (χ3n) is 2.09. The molecule has 17 heavy (non-hydrogen) atoms. The highest BCUT2D eigenvalue weighted by atomic mass is 32.2. The summed E-state index contributed by atoms with van der Waals surface area (Å²) in [5, 5.41) is 8.50. The Morgan fingerprint density at radius 3 is 2.53 bits per heavy atom. The fourth-order valence-corrected chi connectivity index (χ4v) is 2.09. The molecule has 0 bridgehead atoms. The van der Waals surface area contributed by atoms with Crippen LogP contribution in [-0.4, -0.2) is 28.6 Å². The molecule has 0 radical (unpaired) electrons. The van der Waals surface area contributed by atoms with E-state index in [1.165, 1.54) is 24.3 Å². The molecule has 94 valence electrons. The van der Waals surface area contributed by atoms with Crippen molar-refractivity contribution >= 4 is 17.7 Å². The molecule has 3 N–H and O–H groups in total. The van der Waals surface area contributed by atoms with Crippen LogP contribution in [0.4, 0.5) is 8.78 Å². The molecule has 1 aromatic rings. The van der Waals surface area contributed by atoms with Crippen LogP contribution < -0.4 is 5.73 Å². The van der Waals surface area contributed by atoms with Gasteiger partial charge < -0.3 is 10.8 Å². The zero-order valence-corrected chi connectivity index (χ0v) is 9.79. The molecule has 0 saturated heterocycles. The summed E-state index contributed by atoms with van der Waals surface area (Å²) in [5.74, 6) is -4.65. The Morgan fingerprint density at radius 1 is 1.41 bits per heavy atom. The van der Waals surface area contributed by atoms with Crippen LogP contribution in [0.25, 0.3) is 0 Å². The minimum Gasteiger partial charge on any atom is -0.480 e. The van der Waals surface area contributed by atoms with Crippen LogP contribution in [0.2, 0.25) is 0 Å². The zero-order chi connectivity index (χ0) is 12.9. The van der Waals surface area contributed by atoms with Gasteiger partial charge >= 0.3 is 5.97 Å². The van der Waals surface area contributed by atoms with E-state index in [2.05, 4.69) is 0 Å². The van der Waals surface area contributed by atoms with Gasteiger partial charge in [0.25, 0.3) is 5.92 Å². The summed E-state index contributed by atoms with van der Waals surface area (Å²) in [7, 11) is 0. The van der Waals surface area contributed by atoms with Gasteiger partial charge in [-0.25, -0.2) is 8.78 Å². The van der Waals surface area contributed by atoms with Crippen LogP contribution in [0.1, 0.15) is 5.56 Å². The number of hydrogen-bond acceptors (Lipinski definition) is 3. The number of nitrogens with two attached hydrogens (primary N) is 1. The first kappa shape index (κ1) is 13.9. The molecule has 0 aliphatic carbocycles. The molecule has 1 rings (SSSR count). The minimum absolute atomic E-state index is 0.0300. The lowest BCUT2D eigenvalue weighted by atomic mass is 10.1. The topological polar surface area (TPSA) is 63.3 Å². The van der Waals surface area contributed by atoms with Crippen molar-refractivity contribution in [3.05, 3.63) is 35.9 Å². The van der Waals surface area contributed by atoms with Gasteiger partial charge in [-0.15, -0.1) is 0 Å². The molecule has 1 aromatic carbocycles. The van der Waals surface area contributed by atoms with E-state index in [0.29, 0.717) is 0 Å². The van der Waals surface area contributed by atoms with Crippen molar-refractivity contribution in [1.82, 2.24) is 0 Å². The number of alkyl halides is 2. The average molecular weight is 261 g/mol. The van der Waals surface area contributed by atoms with Crippen molar-refractivity contribution in [3.8, 4) is 0 Å². The Bertz CT molecular complexity index is 373. The summed E-state index contributed by atoms with van der Waals surface area (Å²) in [4.78, 5) is 10.4. The number of benzene rings is 1. The van der Waals surface area contributed by atoms with E-state index in [-0.39, 0.29) is 11.3 Å². The normalized spacial score (nSPS) is 13.4. The third-order valence-corrected chi connectivity index (χ3v) is 3.26. The van der Waals surface area contributed by atoms with Crippen molar-refractivity contribution < 1.29 is 18.7 Å². The highest BCUT2D eigenvalue weighted by molar-refractivity contribution is 7.99. The van der Waals surface area contributed by atoms with Gasteiger partial charge in [0.1, 0.15) is 6.04 Å². The smallest absolute Gasteiger partial charge is 0.321 e. The van der Waals surface area contributed by atoms with Crippen molar-refractivity contribution in [2.45, 2.75) is 12.0 Å². The Morgan fingerprint density at radius 2 is 2.00 bits per heavy atom. The van der Waals surface area contributed by atoms with Crippen LogP contribution in [0.3, 0.4) is 0 Å². The molecule has 6 heteroatoms. The quantitative estimate of drug-likeness (QED) is 0.821. The second-order valence-corrected chi connectivity index (χ2v) is 4.56. The first-order valence-corrected chi connectivity index (χ1v) is 6.08. The molecule has 1 atom stereocenters. The van der Waals surface area contributed by atoms with E-state index < -0.39 is 23.7 Å². The molecular formula is C11H13F2NO2S. The molecule has 0 aliphatic heterocycles. The maximum atomic E-state index is 13.6. The lowest BCUT2D eigenvalue weighted by molar-refractivity contribution is -0.137. The second-order valence-electron chi connectivity index (χ2n) is 3.53. The van der Waals surface area contributed by atoms with E-state index in [4.69, 9.17) is 10.8 Å². The maximum Gasteiger partial charge on any atom is 0.321 e. The molecule has 0 unspecified atom stereocenters. The molecule has 0 heterocycles. The van der Waals surface area contributed by atoms with Crippen LogP contribution >= 0.6 is 11.8 Å². The summed E-state index contributed by atoms with van der Waals surface area (Å²) in [6, 6.07) is 6.32. The third kappa shape index (κ3) is 4.32. The van der Waals surface area contributed by atoms with Crippen molar-refractivity contribution in [1.29, 1.82) is 0 Å². The van der Waals surface area contributed by atoms with Gasteiger partial charge in [-0.05, 0) is 0 Å². The largest absolute Gasteiger partial charge is 0.480 e. The van der Waals surface area contributed by atoms with Gasteiger partial charge in [-0.2, -0.15) is 11.8 Å². The van der Waals surface area contributed by atoms with Crippen LogP contribution in [-0.2, 0) is 10.7 Å². The lowest BCUT2D eigenvalue weighted by Crippen LogP contribution is -2.33. The van der Waals surface area contributed by atoms with Crippen molar-refractivity contribution in [2.75, 3.05) is 11.5 Å². The number of thioether (sulfide) groups is 1. The molecule has 3 nitrogen and oxygen atoms in total. The van der Waals surface area contributed by atoms with Gasteiger partial charge in [0.2, 0.25) is 0 Å². The summed E-state index contributed by atoms with van der Waals surface area (Å²) in [6.45, 7) is 0. The zero-order valence-electron chi connectivity index (χ0n) is 8.98. The summed E-state index contributed by atoms with van der Waals surface area (Å²) in [6.07, 6.45) is 0. The number of carbonyl (C=O) groups is 1. The van der Waals surface area contributed by atoms with E-state index in [0.717, 1.165) is 11.8 Å². The van der Waals surface area contributed by atoms with Crippen molar-refractivity contribution in [2.24, 2.45) is 5.73 Å². The van der Waals surface area contributed by atoms with Gasteiger partial charge in [-0.1, -0.05) is 30.3 Å². The Hall–Kier alpha value is -1.14. The Balaban J connectivity index is 2.48. The first-order chi connectivity index (χ1) is 7.93. The van der Waals surface area contributed by atoms with E-state index >= 15 is 0 Å². The van der Waals surface area contributed by atoms with E-state index in [1.807, 2.05) is 0 Å². The fraction of sp³-hybridized carbons (Fsp3) is 0.364. The van der Waals surface area contributed by atoms with Crippen LogP contribution in [0.5, 0.6) is 0 Å². The highest BCUT2D eigenvalue weighted by Crippen LogP contribution is 2.31. The minimum atomic E-state index is -2.97. The van der Waals surface area contributed by atoms with E-state index in [9.17, 15) is 13.6 Å². The summed E-state index contributed by atoms with van der Waals surface area (Å²) >= 11 is 0.836. The molecule has 0 fully saturated rings. The fourth-order valence-electron chi connectivity index (χ4n) is 1.15. The predicted molar refractivity (Wildman–Crippen MR) is 63.3 cm³/mol. The van der Waals surface area contributed by atoms with Crippen LogP contribution in [0, 0.1) is 0 Å². The Labute approximate surface area is 102 Å². The molecule has 0 aliphatic rings. The van der Waals surface area contributed by atoms with E-state index in [1.54, 1.807) is 6.07 Å². The second kappa shape index (κ2) is 5.97. The monoisotopic (exact) mass is 261 g/mol. The number of halogens is 2. The van der Waals surface area contributed by atoms with Crippen molar-refractivity contribution in [3.63, 3.8) is 0 Å². The number of aliphatic carboxylic acids is 1. The lowest BCUT2D eigenvalue weighted by Gasteiger charge is -2.16. The van der Waals surface area contributed by atoms with Gasteiger partial charge in [0, 0.05) is 11.3 Å². The molecule has 0 spiro atoms. The molecule has 0 saturated carbocycles. The maximum absolute atomic E-state index is 13.6. The summed E-state index contributed by atoms with van der Waals surface area (Å²) < 4.78 is 27.2. The van der Waals surface area contributed by atoms with Gasteiger partial charge in [0.05, 0.1) is 5.75 Å². The standard InChI is InChI=1S/C11H13F2NO2S/c12-11(13,8-4-2-1-3-5-8)7-17-6-9(14)10(15)16/h1-5,9H,6-7,14H2,(H,15,16)/t9-/m1/s1.